The smallest absolute Gasteiger partial charge is 0.213 e. The molecule has 2 aliphatic rings. The molecular formula is C19H26N4O2S. The molecule has 4 rings (SSSR count). The van der Waals surface area contributed by atoms with Crippen LogP contribution in [0, 0.1) is 0 Å². The number of sulfonamides is 1. The molecule has 0 bridgehead atoms. The van der Waals surface area contributed by atoms with E-state index in [9.17, 15) is 8.42 Å². The van der Waals surface area contributed by atoms with Crippen LogP contribution in [-0.4, -0.2) is 59.6 Å². The lowest BCUT2D eigenvalue weighted by Gasteiger charge is -2.49. The van der Waals surface area contributed by atoms with Gasteiger partial charge in [0.1, 0.15) is 5.82 Å². The van der Waals surface area contributed by atoms with Crippen LogP contribution < -0.4 is 0 Å². The molecule has 7 heteroatoms. The van der Waals surface area contributed by atoms with Crippen LogP contribution in [0.15, 0.2) is 36.5 Å². The van der Waals surface area contributed by atoms with Crippen molar-refractivity contribution >= 4 is 10.0 Å². The summed E-state index contributed by atoms with van der Waals surface area (Å²) in [6.07, 6.45) is 3.54. The van der Waals surface area contributed by atoms with Gasteiger partial charge in [0.25, 0.3) is 0 Å². The zero-order valence-electron chi connectivity index (χ0n) is 15.4. The Morgan fingerprint density at radius 1 is 1.08 bits per heavy atom. The van der Waals surface area contributed by atoms with Crippen LogP contribution in [0.1, 0.15) is 25.6 Å². The first kappa shape index (κ1) is 17.7. The molecule has 0 aliphatic carbocycles. The number of piperidine rings is 1. The van der Waals surface area contributed by atoms with E-state index in [0.29, 0.717) is 13.1 Å². The fourth-order valence-electron chi connectivity index (χ4n) is 4.37. The quantitative estimate of drug-likeness (QED) is 0.826. The first-order valence-corrected chi connectivity index (χ1v) is 10.9. The van der Waals surface area contributed by atoms with Crippen molar-refractivity contribution in [2.75, 3.05) is 32.4 Å². The number of likely N-dealkylation sites (N-methyl/N-ethyl adjacent to an activating group) is 1. The van der Waals surface area contributed by atoms with Gasteiger partial charge in [-0.05, 0) is 32.4 Å². The van der Waals surface area contributed by atoms with Crippen molar-refractivity contribution in [3.63, 3.8) is 0 Å². The Morgan fingerprint density at radius 3 is 2.42 bits per heavy atom. The summed E-state index contributed by atoms with van der Waals surface area (Å²) in [5.41, 5.74) is 2.15. The van der Waals surface area contributed by atoms with Gasteiger partial charge in [0.2, 0.25) is 10.0 Å². The van der Waals surface area contributed by atoms with Gasteiger partial charge in [-0.25, -0.2) is 17.7 Å². The lowest BCUT2D eigenvalue weighted by molar-refractivity contribution is 0.0275. The van der Waals surface area contributed by atoms with Crippen molar-refractivity contribution in [2.24, 2.45) is 0 Å². The molecule has 26 heavy (non-hydrogen) atoms. The molecule has 0 atom stereocenters. The van der Waals surface area contributed by atoms with Gasteiger partial charge in [0.15, 0.2) is 0 Å². The van der Waals surface area contributed by atoms with Gasteiger partial charge in [-0.2, -0.15) is 0 Å². The topological polar surface area (TPSA) is 58.4 Å². The van der Waals surface area contributed by atoms with Gasteiger partial charge >= 0.3 is 0 Å². The van der Waals surface area contributed by atoms with Crippen LogP contribution in [0.3, 0.4) is 0 Å². The summed E-state index contributed by atoms with van der Waals surface area (Å²) in [5, 5.41) is 0. The lowest BCUT2D eigenvalue weighted by atomic mass is 9.84. The number of benzene rings is 1. The van der Waals surface area contributed by atoms with Gasteiger partial charge in [-0.1, -0.05) is 30.3 Å². The molecule has 1 aromatic carbocycles. The largest absolute Gasteiger partial charge is 0.325 e. The molecule has 6 nitrogen and oxygen atoms in total. The minimum atomic E-state index is -3.12. The Morgan fingerprint density at radius 2 is 1.77 bits per heavy atom. The third kappa shape index (κ3) is 2.69. The molecule has 0 amide bonds. The molecule has 3 heterocycles. The van der Waals surface area contributed by atoms with Gasteiger partial charge in [0, 0.05) is 26.2 Å². The van der Waals surface area contributed by atoms with Crippen molar-refractivity contribution in [1.82, 2.24) is 18.8 Å². The Balaban J connectivity index is 1.69. The van der Waals surface area contributed by atoms with Gasteiger partial charge < -0.3 is 4.57 Å². The first-order chi connectivity index (χ1) is 12.5. The maximum atomic E-state index is 12.2. The molecule has 1 saturated heterocycles. The average molecular weight is 375 g/mol. The molecule has 0 saturated carbocycles. The minimum Gasteiger partial charge on any atom is -0.325 e. The fourth-order valence-corrected chi connectivity index (χ4v) is 5.47. The number of nitrogens with zero attached hydrogens (tertiary/aromatic N) is 4. The third-order valence-corrected chi connectivity index (χ3v) is 7.92. The van der Waals surface area contributed by atoms with Crippen LogP contribution in [0.25, 0.3) is 11.3 Å². The van der Waals surface area contributed by atoms with E-state index >= 15 is 0 Å². The molecule has 0 N–H and O–H groups in total. The van der Waals surface area contributed by atoms with Crippen LogP contribution in [0.5, 0.6) is 0 Å². The highest BCUT2D eigenvalue weighted by atomic mass is 32.2. The highest BCUT2D eigenvalue weighted by Crippen LogP contribution is 2.41. The summed E-state index contributed by atoms with van der Waals surface area (Å²) in [4.78, 5) is 7.20. The third-order valence-electron chi connectivity index (χ3n) is 6.04. The summed E-state index contributed by atoms with van der Waals surface area (Å²) in [6, 6.07) is 10.4. The average Bonchev–Trinajstić information content (AvgIpc) is 3.11. The number of hydrogen-bond acceptors (Lipinski definition) is 4. The van der Waals surface area contributed by atoms with Crippen molar-refractivity contribution < 1.29 is 8.42 Å². The Bertz CT molecular complexity index is 884. The number of aromatic nitrogens is 2. The molecule has 2 aromatic rings. The van der Waals surface area contributed by atoms with E-state index in [4.69, 9.17) is 4.98 Å². The number of hydrogen-bond donors (Lipinski definition) is 0. The summed E-state index contributed by atoms with van der Waals surface area (Å²) < 4.78 is 28.4. The second-order valence-electron chi connectivity index (χ2n) is 7.24. The van der Waals surface area contributed by atoms with E-state index in [2.05, 4.69) is 28.6 Å². The maximum absolute atomic E-state index is 12.2. The van der Waals surface area contributed by atoms with Crippen molar-refractivity contribution in [3.05, 3.63) is 42.4 Å². The summed E-state index contributed by atoms with van der Waals surface area (Å²) in [6.45, 7) is 4.70. The van der Waals surface area contributed by atoms with E-state index in [1.54, 1.807) is 11.2 Å². The van der Waals surface area contributed by atoms with Crippen LogP contribution in [0.2, 0.25) is 0 Å². The van der Waals surface area contributed by atoms with Crippen molar-refractivity contribution in [1.29, 1.82) is 0 Å². The number of imidazole rings is 1. The zero-order chi connectivity index (χ0) is 18.4. The Hall–Kier alpha value is -1.70. The lowest BCUT2D eigenvalue weighted by Crippen LogP contribution is -2.57. The van der Waals surface area contributed by atoms with Gasteiger partial charge in [0.05, 0.1) is 23.2 Å². The predicted molar refractivity (Wildman–Crippen MR) is 102 cm³/mol. The number of rotatable bonds is 3. The highest BCUT2D eigenvalue weighted by molar-refractivity contribution is 7.89. The van der Waals surface area contributed by atoms with Crippen LogP contribution in [0.4, 0.5) is 0 Å². The Kier molecular flexibility index (Phi) is 4.41. The molecule has 1 spiro atoms. The summed E-state index contributed by atoms with van der Waals surface area (Å²) in [7, 11) is -0.978. The fraction of sp³-hybridized carbons (Fsp3) is 0.526. The second kappa shape index (κ2) is 6.48. The zero-order valence-corrected chi connectivity index (χ0v) is 16.2. The monoisotopic (exact) mass is 374 g/mol. The normalized spacial score (nSPS) is 21.0. The summed E-state index contributed by atoms with van der Waals surface area (Å²) in [5.74, 6) is 1.25. The van der Waals surface area contributed by atoms with Gasteiger partial charge in [-0.15, -0.1) is 0 Å². The standard InChI is InChI=1S/C19H26N4O2S/c1-3-26(24,25)22-11-9-19(10-12-22)18-20-15-17(16-7-5-4-6-8-16)23(18)14-13-21(19)2/h4-8,15H,3,9-14H2,1-2H3. The predicted octanol–water partition coefficient (Wildman–Crippen LogP) is 2.14. The molecule has 0 unspecified atom stereocenters. The minimum absolute atomic E-state index is 0.169. The first-order valence-electron chi connectivity index (χ1n) is 9.28. The molecule has 1 aromatic heterocycles. The van der Waals surface area contributed by atoms with Crippen LogP contribution >= 0.6 is 0 Å². The molecular weight excluding hydrogens is 348 g/mol. The molecule has 1 fully saturated rings. The molecule has 140 valence electrons. The summed E-state index contributed by atoms with van der Waals surface area (Å²) >= 11 is 0. The SMILES string of the molecule is CCS(=O)(=O)N1CCC2(CC1)c1ncc(-c3ccccc3)n1CCN2C. The Labute approximate surface area is 155 Å². The van der Waals surface area contributed by atoms with Crippen molar-refractivity contribution in [3.8, 4) is 11.3 Å². The van der Waals surface area contributed by atoms with E-state index < -0.39 is 10.0 Å². The van der Waals surface area contributed by atoms with E-state index in [1.807, 2.05) is 24.4 Å². The van der Waals surface area contributed by atoms with Crippen molar-refractivity contribution in [2.45, 2.75) is 31.8 Å². The van der Waals surface area contributed by atoms with E-state index in [1.165, 1.54) is 5.56 Å². The highest BCUT2D eigenvalue weighted by Gasteiger charge is 2.47. The van der Waals surface area contributed by atoms with Gasteiger partial charge in [-0.3, -0.25) is 4.90 Å². The second-order valence-corrected chi connectivity index (χ2v) is 9.50. The maximum Gasteiger partial charge on any atom is 0.213 e. The molecule has 0 radical (unpaired) electrons. The molecule has 2 aliphatic heterocycles. The van der Waals surface area contributed by atoms with Crippen LogP contribution in [-0.2, 0) is 22.1 Å². The van der Waals surface area contributed by atoms with E-state index in [0.717, 1.165) is 37.4 Å². The van der Waals surface area contributed by atoms with E-state index in [-0.39, 0.29) is 11.3 Å². The number of fused-ring (bicyclic) bond motifs is 2.